The molecule has 0 amide bonds. The lowest BCUT2D eigenvalue weighted by molar-refractivity contribution is 0.164. The van der Waals surface area contributed by atoms with Crippen LogP contribution in [-0.4, -0.2) is 8.42 Å². The van der Waals surface area contributed by atoms with Crippen LogP contribution in [0.15, 0.2) is 102 Å². The highest BCUT2D eigenvalue weighted by Gasteiger charge is 2.42. The van der Waals surface area contributed by atoms with Crippen LogP contribution in [0.3, 0.4) is 0 Å². The van der Waals surface area contributed by atoms with Gasteiger partial charge < -0.3 is 0 Å². The fraction of sp³-hybridized carbons (Fsp3) is 0.172. The van der Waals surface area contributed by atoms with E-state index >= 15 is 0 Å². The van der Waals surface area contributed by atoms with Crippen molar-refractivity contribution in [2.24, 2.45) is 0 Å². The Morgan fingerprint density at radius 2 is 0.939 bits per heavy atom. The largest absolute Gasteiger partial charge is 0.298 e. The topological polar surface area (TPSA) is 43.4 Å². The maximum absolute atomic E-state index is 13.7. The Morgan fingerprint density at radius 1 is 0.545 bits per heavy atom. The van der Waals surface area contributed by atoms with E-state index in [-0.39, 0.29) is 4.90 Å². The second-order valence-corrected chi connectivity index (χ2v) is 10.2. The van der Waals surface area contributed by atoms with Crippen LogP contribution < -0.4 is 0 Å². The van der Waals surface area contributed by atoms with Crippen molar-refractivity contribution in [2.75, 3.05) is 0 Å². The first kappa shape index (κ1) is 23.0. The van der Waals surface area contributed by atoms with Gasteiger partial charge in [-0.2, -0.15) is 8.42 Å². The van der Waals surface area contributed by atoms with Crippen LogP contribution in [0.1, 0.15) is 38.9 Å². The molecule has 0 aliphatic carbocycles. The summed E-state index contributed by atoms with van der Waals surface area (Å²) in [7, 11) is -4.12. The minimum atomic E-state index is -4.12. The zero-order valence-corrected chi connectivity index (χ0v) is 20.2. The lowest BCUT2D eigenvalue weighted by Crippen LogP contribution is -2.35. The maximum atomic E-state index is 13.7. The monoisotopic (exact) mass is 456 g/mol. The molecule has 3 nitrogen and oxygen atoms in total. The summed E-state index contributed by atoms with van der Waals surface area (Å²) in [5.41, 5.74) is 5.00. The van der Waals surface area contributed by atoms with Crippen LogP contribution in [0.4, 0.5) is 0 Å². The molecule has 0 bridgehead atoms. The molecule has 0 unspecified atom stereocenters. The predicted molar refractivity (Wildman–Crippen MR) is 133 cm³/mol. The van der Waals surface area contributed by atoms with E-state index in [1.807, 2.05) is 107 Å². The third-order valence-electron chi connectivity index (χ3n) is 5.89. The van der Waals surface area contributed by atoms with Gasteiger partial charge in [-0.25, -0.2) is 4.18 Å². The van der Waals surface area contributed by atoms with E-state index in [1.54, 1.807) is 18.2 Å². The summed E-state index contributed by atoms with van der Waals surface area (Å²) >= 11 is 0. The van der Waals surface area contributed by atoms with Crippen molar-refractivity contribution in [2.45, 2.75) is 38.2 Å². The number of aryl methyl sites for hydroxylation is 4. The standard InChI is InChI=1S/C29H28O3S/c1-21-8-14-25(15-9-21)29(26-16-10-22(2)11-17-26,27-18-12-23(3)13-19-27)32-33(30,31)28-7-5-6-24(4)20-28/h5-20H,1-4H3. The van der Waals surface area contributed by atoms with Crippen molar-refractivity contribution in [3.8, 4) is 0 Å². The highest BCUT2D eigenvalue weighted by molar-refractivity contribution is 7.86. The maximum Gasteiger partial charge on any atom is 0.298 e. The summed E-state index contributed by atoms with van der Waals surface area (Å²) in [6.45, 7) is 7.89. The normalized spacial score (nSPS) is 12.0. The van der Waals surface area contributed by atoms with Crippen LogP contribution in [0.2, 0.25) is 0 Å². The molecule has 33 heavy (non-hydrogen) atoms. The Morgan fingerprint density at radius 3 is 1.30 bits per heavy atom. The first-order valence-electron chi connectivity index (χ1n) is 10.9. The number of benzene rings is 4. The quantitative estimate of drug-likeness (QED) is 0.242. The Bertz CT molecular complexity index is 1240. The van der Waals surface area contributed by atoms with Gasteiger partial charge in [0, 0.05) is 0 Å². The summed E-state index contributed by atoms with van der Waals surface area (Å²) in [6.07, 6.45) is 0. The fourth-order valence-corrected chi connectivity index (χ4v) is 5.28. The SMILES string of the molecule is Cc1ccc(C(OS(=O)(=O)c2cccc(C)c2)(c2ccc(C)cc2)c2ccc(C)cc2)cc1. The van der Waals surface area contributed by atoms with E-state index in [0.717, 1.165) is 38.9 Å². The molecule has 0 spiro atoms. The molecule has 0 aliphatic rings. The van der Waals surface area contributed by atoms with Crippen molar-refractivity contribution in [1.82, 2.24) is 0 Å². The van der Waals surface area contributed by atoms with Crippen LogP contribution in [-0.2, 0) is 19.9 Å². The zero-order valence-electron chi connectivity index (χ0n) is 19.4. The van der Waals surface area contributed by atoms with Crippen molar-refractivity contribution in [1.29, 1.82) is 0 Å². The van der Waals surface area contributed by atoms with Gasteiger partial charge in [-0.3, -0.25) is 0 Å². The molecular formula is C29H28O3S. The molecule has 4 heteroatoms. The number of rotatable bonds is 6. The van der Waals surface area contributed by atoms with Gasteiger partial charge in [0.2, 0.25) is 0 Å². The summed E-state index contributed by atoms with van der Waals surface area (Å²) in [6, 6.07) is 30.4. The van der Waals surface area contributed by atoms with E-state index in [9.17, 15) is 8.42 Å². The highest BCUT2D eigenvalue weighted by atomic mass is 32.2. The average molecular weight is 457 g/mol. The van der Waals surface area contributed by atoms with Crippen LogP contribution >= 0.6 is 0 Å². The lowest BCUT2D eigenvalue weighted by atomic mass is 9.80. The van der Waals surface area contributed by atoms with Crippen LogP contribution in [0, 0.1) is 27.7 Å². The van der Waals surface area contributed by atoms with Gasteiger partial charge in [-0.05, 0) is 62.1 Å². The molecule has 4 aromatic carbocycles. The molecule has 0 atom stereocenters. The van der Waals surface area contributed by atoms with Crippen molar-refractivity contribution < 1.29 is 12.6 Å². The number of hydrogen-bond donors (Lipinski definition) is 0. The van der Waals surface area contributed by atoms with Gasteiger partial charge in [0.05, 0.1) is 4.90 Å². The Labute approximate surface area is 196 Å². The molecular weight excluding hydrogens is 428 g/mol. The van der Waals surface area contributed by atoms with Gasteiger partial charge in [-0.15, -0.1) is 0 Å². The molecule has 0 saturated heterocycles. The Hall–Kier alpha value is -3.21. The minimum absolute atomic E-state index is 0.137. The molecule has 0 saturated carbocycles. The molecule has 0 N–H and O–H groups in total. The van der Waals surface area contributed by atoms with E-state index in [4.69, 9.17) is 4.18 Å². The molecule has 0 radical (unpaired) electrons. The van der Waals surface area contributed by atoms with E-state index in [1.165, 1.54) is 0 Å². The van der Waals surface area contributed by atoms with E-state index in [0.29, 0.717) is 0 Å². The first-order valence-corrected chi connectivity index (χ1v) is 12.4. The summed E-state index contributed by atoms with van der Waals surface area (Å²) in [5, 5.41) is 0. The summed E-state index contributed by atoms with van der Waals surface area (Å²) in [4.78, 5) is 0.137. The van der Waals surface area contributed by atoms with Gasteiger partial charge in [0.15, 0.2) is 5.60 Å². The fourth-order valence-electron chi connectivity index (χ4n) is 3.99. The molecule has 0 aliphatic heterocycles. The minimum Gasteiger partial charge on any atom is -0.245 e. The number of hydrogen-bond acceptors (Lipinski definition) is 3. The summed E-state index contributed by atoms with van der Waals surface area (Å²) in [5.74, 6) is 0. The second-order valence-electron chi connectivity index (χ2n) is 8.63. The Balaban J connectivity index is 2.03. The van der Waals surface area contributed by atoms with Crippen molar-refractivity contribution in [3.63, 3.8) is 0 Å². The molecule has 0 heterocycles. The predicted octanol–water partition coefficient (Wildman–Crippen LogP) is 6.62. The molecule has 0 aromatic heterocycles. The van der Waals surface area contributed by atoms with Crippen molar-refractivity contribution in [3.05, 3.63) is 136 Å². The first-order chi connectivity index (χ1) is 15.7. The molecule has 0 fully saturated rings. The Kier molecular flexibility index (Phi) is 6.24. The smallest absolute Gasteiger partial charge is 0.245 e. The van der Waals surface area contributed by atoms with E-state index in [2.05, 4.69) is 0 Å². The molecule has 4 rings (SSSR count). The van der Waals surface area contributed by atoms with Crippen LogP contribution in [0.5, 0.6) is 0 Å². The summed E-state index contributed by atoms with van der Waals surface area (Å²) < 4.78 is 33.7. The van der Waals surface area contributed by atoms with Gasteiger partial charge in [-0.1, -0.05) is 102 Å². The molecule has 4 aromatic rings. The zero-order chi connectivity index (χ0) is 23.6. The van der Waals surface area contributed by atoms with Gasteiger partial charge in [0.25, 0.3) is 10.1 Å². The third kappa shape index (κ3) is 4.63. The second kappa shape index (κ2) is 8.97. The molecule has 168 valence electrons. The lowest BCUT2D eigenvalue weighted by Gasteiger charge is -2.35. The third-order valence-corrected chi connectivity index (χ3v) is 7.19. The van der Waals surface area contributed by atoms with E-state index < -0.39 is 15.7 Å². The van der Waals surface area contributed by atoms with Gasteiger partial charge >= 0.3 is 0 Å². The van der Waals surface area contributed by atoms with Gasteiger partial charge in [0.1, 0.15) is 0 Å². The van der Waals surface area contributed by atoms with Crippen molar-refractivity contribution >= 4 is 10.1 Å². The average Bonchev–Trinajstić information content (AvgIpc) is 2.79. The van der Waals surface area contributed by atoms with Crippen LogP contribution in [0.25, 0.3) is 0 Å². The highest BCUT2D eigenvalue weighted by Crippen LogP contribution is 2.43.